The molecule has 0 radical (unpaired) electrons. The molecule has 0 spiro atoms. The molecule has 182 valence electrons. The molecule has 8 nitrogen and oxygen atoms in total. The molecule has 0 amide bonds. The van der Waals surface area contributed by atoms with Crippen molar-refractivity contribution in [2.75, 3.05) is 14.2 Å². The second kappa shape index (κ2) is 10.2. The van der Waals surface area contributed by atoms with Crippen LogP contribution >= 0.6 is 11.8 Å². The van der Waals surface area contributed by atoms with Crippen molar-refractivity contribution in [3.05, 3.63) is 94.1 Å². The van der Waals surface area contributed by atoms with E-state index in [1.54, 1.807) is 30.9 Å². The maximum Gasteiger partial charge on any atom is 0.262 e. The van der Waals surface area contributed by atoms with Crippen LogP contribution in [0.2, 0.25) is 0 Å². The van der Waals surface area contributed by atoms with Crippen molar-refractivity contribution in [2.24, 2.45) is 0 Å². The summed E-state index contributed by atoms with van der Waals surface area (Å²) in [6.07, 6.45) is 0. The second-order valence-electron chi connectivity index (χ2n) is 8.19. The Balaban J connectivity index is 1.44. The van der Waals surface area contributed by atoms with E-state index in [0.717, 1.165) is 11.1 Å². The zero-order valence-corrected chi connectivity index (χ0v) is 20.9. The zero-order valence-electron chi connectivity index (χ0n) is 20.1. The highest BCUT2D eigenvalue weighted by atomic mass is 32.2. The van der Waals surface area contributed by atoms with Gasteiger partial charge in [0.1, 0.15) is 11.5 Å². The fourth-order valence-corrected chi connectivity index (χ4v) is 4.60. The van der Waals surface area contributed by atoms with Crippen LogP contribution in [-0.2, 0) is 12.3 Å². The number of methoxy groups -OCH3 is 2. The van der Waals surface area contributed by atoms with E-state index in [9.17, 15) is 4.79 Å². The molecule has 0 N–H and O–H groups in total. The average molecular weight is 501 g/mol. The lowest BCUT2D eigenvalue weighted by Crippen LogP contribution is -2.24. The van der Waals surface area contributed by atoms with Gasteiger partial charge in [-0.3, -0.25) is 9.36 Å². The van der Waals surface area contributed by atoms with E-state index in [2.05, 4.69) is 10.1 Å². The lowest BCUT2D eigenvalue weighted by atomic mass is 10.1. The first-order valence-electron chi connectivity index (χ1n) is 11.3. The minimum Gasteiger partial charge on any atom is -0.497 e. The van der Waals surface area contributed by atoms with E-state index >= 15 is 0 Å². The summed E-state index contributed by atoms with van der Waals surface area (Å²) in [7, 11) is 3.17. The highest BCUT2D eigenvalue weighted by Gasteiger charge is 2.16. The van der Waals surface area contributed by atoms with Crippen molar-refractivity contribution in [1.29, 1.82) is 0 Å². The summed E-state index contributed by atoms with van der Waals surface area (Å²) in [5, 5.41) is 5.29. The van der Waals surface area contributed by atoms with E-state index in [1.165, 1.54) is 11.8 Å². The predicted octanol–water partition coefficient (Wildman–Crippen LogP) is 5.11. The first-order chi connectivity index (χ1) is 17.5. The Morgan fingerprint density at radius 1 is 0.944 bits per heavy atom. The third-order valence-electron chi connectivity index (χ3n) is 5.69. The fourth-order valence-electron chi connectivity index (χ4n) is 3.77. The Hall–Kier alpha value is -4.11. The van der Waals surface area contributed by atoms with E-state index in [4.69, 9.17) is 19.0 Å². The standard InChI is InChI=1S/C27H24N4O4S/c1-17-8-10-18(11-9-17)15-31-26(32)22-6-4-5-7-23(22)28-27(31)36-16-24-29-25(30-35-24)19-12-20(33-2)14-21(13-19)34-3/h4-14H,15-16H2,1-3H3. The SMILES string of the molecule is COc1cc(OC)cc(-c2noc(CSc3nc4ccccc4c(=O)n3Cc3ccc(C)cc3)n2)c1. The summed E-state index contributed by atoms with van der Waals surface area (Å²) in [6.45, 7) is 2.45. The molecule has 0 saturated heterocycles. The number of aromatic nitrogens is 4. The predicted molar refractivity (Wildman–Crippen MR) is 139 cm³/mol. The Morgan fingerprint density at radius 3 is 2.39 bits per heavy atom. The third kappa shape index (κ3) is 4.96. The summed E-state index contributed by atoms with van der Waals surface area (Å²) < 4.78 is 17.9. The zero-order chi connectivity index (χ0) is 25.1. The molecule has 9 heteroatoms. The van der Waals surface area contributed by atoms with Gasteiger partial charge in [0.05, 0.1) is 37.4 Å². The van der Waals surface area contributed by atoms with Crippen LogP contribution < -0.4 is 15.0 Å². The van der Waals surface area contributed by atoms with Crippen LogP contribution in [0.5, 0.6) is 11.5 Å². The highest BCUT2D eigenvalue weighted by Crippen LogP contribution is 2.29. The number of hydrogen-bond donors (Lipinski definition) is 0. The van der Waals surface area contributed by atoms with Crippen molar-refractivity contribution >= 4 is 22.7 Å². The van der Waals surface area contributed by atoms with Gasteiger partial charge >= 0.3 is 0 Å². The molecular formula is C27H24N4O4S. The molecule has 2 aromatic heterocycles. The van der Waals surface area contributed by atoms with Crippen LogP contribution in [-0.4, -0.2) is 33.9 Å². The summed E-state index contributed by atoms with van der Waals surface area (Å²) in [6, 6.07) is 20.9. The van der Waals surface area contributed by atoms with Crippen LogP contribution in [0.1, 0.15) is 17.0 Å². The van der Waals surface area contributed by atoms with Crippen LogP contribution in [0.3, 0.4) is 0 Å². The van der Waals surface area contributed by atoms with Crippen LogP contribution in [0, 0.1) is 6.92 Å². The number of nitrogens with zero attached hydrogens (tertiary/aromatic N) is 4. The molecule has 2 heterocycles. The molecule has 0 bridgehead atoms. The smallest absolute Gasteiger partial charge is 0.262 e. The number of benzene rings is 3. The van der Waals surface area contributed by atoms with Crippen LogP contribution in [0.15, 0.2) is 81.2 Å². The highest BCUT2D eigenvalue weighted by molar-refractivity contribution is 7.98. The van der Waals surface area contributed by atoms with Crippen LogP contribution in [0.25, 0.3) is 22.3 Å². The van der Waals surface area contributed by atoms with Crippen LogP contribution in [0.4, 0.5) is 0 Å². The molecule has 3 aromatic carbocycles. The minimum atomic E-state index is -0.0848. The Kier molecular flexibility index (Phi) is 6.73. The van der Waals surface area contributed by atoms with Crippen molar-refractivity contribution in [3.63, 3.8) is 0 Å². The molecule has 5 rings (SSSR count). The number of ether oxygens (including phenoxy) is 2. The molecule has 5 aromatic rings. The van der Waals surface area contributed by atoms with Gasteiger partial charge in [0, 0.05) is 11.6 Å². The number of hydrogen-bond acceptors (Lipinski definition) is 8. The maximum atomic E-state index is 13.4. The van der Waals surface area contributed by atoms with Crippen molar-refractivity contribution in [3.8, 4) is 22.9 Å². The summed E-state index contributed by atoms with van der Waals surface area (Å²) in [5.74, 6) is 2.45. The number of rotatable bonds is 8. The van der Waals surface area contributed by atoms with Gasteiger partial charge in [-0.1, -0.05) is 58.9 Å². The molecule has 0 saturated carbocycles. The van der Waals surface area contributed by atoms with Gasteiger partial charge in [0.2, 0.25) is 11.7 Å². The van der Waals surface area contributed by atoms with E-state index in [0.29, 0.717) is 57.1 Å². The number of thioether (sulfide) groups is 1. The topological polar surface area (TPSA) is 92.3 Å². The van der Waals surface area contributed by atoms with E-state index in [-0.39, 0.29) is 5.56 Å². The molecule has 0 aliphatic carbocycles. The van der Waals surface area contributed by atoms with Crippen molar-refractivity contribution in [1.82, 2.24) is 19.7 Å². The van der Waals surface area contributed by atoms with Gasteiger partial charge in [0.25, 0.3) is 5.56 Å². The number of fused-ring (bicyclic) bond motifs is 1. The van der Waals surface area contributed by atoms with Gasteiger partial charge in [-0.05, 0) is 36.8 Å². The quantitative estimate of drug-likeness (QED) is 0.214. The van der Waals surface area contributed by atoms with Gasteiger partial charge in [-0.15, -0.1) is 0 Å². The van der Waals surface area contributed by atoms with Gasteiger partial charge < -0.3 is 14.0 Å². The average Bonchev–Trinajstić information content (AvgIpc) is 3.39. The molecule has 0 aliphatic rings. The summed E-state index contributed by atoms with van der Waals surface area (Å²) in [4.78, 5) is 22.7. The van der Waals surface area contributed by atoms with Gasteiger partial charge in [-0.2, -0.15) is 4.98 Å². The lowest BCUT2D eigenvalue weighted by Gasteiger charge is -2.13. The molecule has 0 aliphatic heterocycles. The normalized spacial score (nSPS) is 11.1. The molecule has 36 heavy (non-hydrogen) atoms. The maximum absolute atomic E-state index is 13.4. The minimum absolute atomic E-state index is 0.0848. The first kappa shape index (κ1) is 23.6. The van der Waals surface area contributed by atoms with Gasteiger partial charge in [0.15, 0.2) is 5.16 Å². The second-order valence-corrected chi connectivity index (χ2v) is 9.13. The lowest BCUT2D eigenvalue weighted by molar-refractivity contribution is 0.390. The fraction of sp³-hybridized carbons (Fsp3) is 0.185. The Morgan fingerprint density at radius 2 is 1.67 bits per heavy atom. The molecule has 0 atom stereocenters. The summed E-state index contributed by atoms with van der Waals surface area (Å²) >= 11 is 1.38. The Bertz CT molecular complexity index is 1560. The summed E-state index contributed by atoms with van der Waals surface area (Å²) in [5.41, 5.74) is 3.47. The number of para-hydroxylation sites is 1. The number of aryl methyl sites for hydroxylation is 1. The third-order valence-corrected chi connectivity index (χ3v) is 6.65. The molecule has 0 unspecified atom stereocenters. The van der Waals surface area contributed by atoms with E-state index < -0.39 is 0 Å². The monoisotopic (exact) mass is 500 g/mol. The van der Waals surface area contributed by atoms with E-state index in [1.807, 2.05) is 61.5 Å². The largest absolute Gasteiger partial charge is 0.497 e. The first-order valence-corrected chi connectivity index (χ1v) is 12.3. The molecule has 0 fully saturated rings. The molecular weight excluding hydrogens is 476 g/mol. The van der Waals surface area contributed by atoms with Crippen molar-refractivity contribution < 1.29 is 14.0 Å². The Labute approximate surface area is 211 Å². The van der Waals surface area contributed by atoms with Gasteiger partial charge in [-0.25, -0.2) is 4.98 Å². The van der Waals surface area contributed by atoms with Crippen molar-refractivity contribution in [2.45, 2.75) is 24.4 Å².